The number of aromatic nitrogens is 1. The second kappa shape index (κ2) is 5.29. The van der Waals surface area contributed by atoms with Crippen LogP contribution in [0.2, 0.25) is 0 Å². The molecule has 3 nitrogen and oxygen atoms in total. The van der Waals surface area contributed by atoms with Gasteiger partial charge < -0.3 is 9.84 Å². The summed E-state index contributed by atoms with van der Waals surface area (Å²) < 4.78 is 6.89. The molecule has 0 saturated heterocycles. The molecule has 1 aliphatic heterocycles. The van der Waals surface area contributed by atoms with Crippen LogP contribution in [-0.2, 0) is 4.74 Å². The number of ether oxygens (including phenoxy) is 1. The molecule has 1 aliphatic rings. The van der Waals surface area contributed by atoms with Crippen molar-refractivity contribution in [2.24, 2.45) is 0 Å². The molecule has 2 heterocycles. The predicted molar refractivity (Wildman–Crippen MR) is 67.9 cm³/mol. The molecule has 0 amide bonds. The highest BCUT2D eigenvalue weighted by molar-refractivity contribution is 9.11. The quantitative estimate of drug-likeness (QED) is 0.891. The fraction of sp³-hybridized carbons (Fsp3) is 0.364. The van der Waals surface area contributed by atoms with Gasteiger partial charge in [-0.3, -0.25) is 4.98 Å². The van der Waals surface area contributed by atoms with Gasteiger partial charge in [0.15, 0.2) is 0 Å². The lowest BCUT2D eigenvalue weighted by molar-refractivity contribution is 0.167. The van der Waals surface area contributed by atoms with E-state index in [9.17, 15) is 5.11 Å². The Bertz CT molecular complexity index is 420. The highest BCUT2D eigenvalue weighted by Crippen LogP contribution is 2.31. The molecule has 1 N–H and O–H groups in total. The number of hydrogen-bond donors (Lipinski definition) is 1. The molecule has 86 valence electrons. The van der Waals surface area contributed by atoms with E-state index in [0.717, 1.165) is 34.0 Å². The van der Waals surface area contributed by atoms with Gasteiger partial charge in [0.2, 0.25) is 0 Å². The van der Waals surface area contributed by atoms with Crippen molar-refractivity contribution in [3.05, 3.63) is 38.7 Å². The van der Waals surface area contributed by atoms with Gasteiger partial charge in [-0.2, -0.15) is 0 Å². The number of aliphatic hydroxyl groups excluding tert-OH is 1. The van der Waals surface area contributed by atoms with Crippen molar-refractivity contribution in [2.75, 3.05) is 6.61 Å². The summed E-state index contributed by atoms with van der Waals surface area (Å²) in [5, 5.41) is 10.2. The van der Waals surface area contributed by atoms with Gasteiger partial charge in [0.1, 0.15) is 6.10 Å². The number of halogens is 2. The summed E-state index contributed by atoms with van der Waals surface area (Å²) in [5.41, 5.74) is 1.50. The van der Waals surface area contributed by atoms with Crippen LogP contribution in [0.15, 0.2) is 33.0 Å². The van der Waals surface area contributed by atoms with E-state index in [-0.39, 0.29) is 0 Å². The van der Waals surface area contributed by atoms with Crippen molar-refractivity contribution in [1.29, 1.82) is 0 Å². The number of rotatable bonds is 2. The maximum absolute atomic E-state index is 10.2. The molecular weight excluding hydrogens is 338 g/mol. The Morgan fingerprint density at radius 3 is 2.88 bits per heavy atom. The van der Waals surface area contributed by atoms with Crippen LogP contribution < -0.4 is 0 Å². The average molecular weight is 349 g/mol. The van der Waals surface area contributed by atoms with Crippen molar-refractivity contribution in [3.8, 4) is 0 Å². The lowest BCUT2D eigenvalue weighted by Crippen LogP contribution is -2.09. The Labute approximate surface area is 111 Å². The Hall–Kier alpha value is -0.390. The average Bonchev–Trinajstić information content (AvgIpc) is 2.29. The first-order valence-corrected chi connectivity index (χ1v) is 6.56. The van der Waals surface area contributed by atoms with Gasteiger partial charge in [0.05, 0.1) is 18.6 Å². The number of pyridine rings is 1. The molecule has 1 unspecified atom stereocenters. The second-order valence-electron chi connectivity index (χ2n) is 3.59. The first-order valence-electron chi connectivity index (χ1n) is 4.98. The number of nitrogens with zero attached hydrogens (tertiary/aromatic N) is 1. The smallest absolute Gasteiger partial charge is 0.121 e. The Kier molecular flexibility index (Phi) is 4.00. The first kappa shape index (κ1) is 12.1. The van der Waals surface area contributed by atoms with Crippen LogP contribution in [0.25, 0.3) is 0 Å². The van der Waals surface area contributed by atoms with Crippen molar-refractivity contribution in [1.82, 2.24) is 4.98 Å². The van der Waals surface area contributed by atoms with E-state index in [2.05, 4.69) is 36.8 Å². The molecule has 1 aromatic rings. The van der Waals surface area contributed by atoms with Crippen molar-refractivity contribution >= 4 is 31.9 Å². The van der Waals surface area contributed by atoms with E-state index in [0.29, 0.717) is 5.69 Å². The van der Waals surface area contributed by atoms with Crippen LogP contribution in [-0.4, -0.2) is 16.7 Å². The SMILES string of the molecule is OC(C1=COCCC1)c1ncc(Br)cc1Br. The topological polar surface area (TPSA) is 42.4 Å². The minimum Gasteiger partial charge on any atom is -0.501 e. The monoisotopic (exact) mass is 347 g/mol. The zero-order valence-corrected chi connectivity index (χ0v) is 11.7. The van der Waals surface area contributed by atoms with E-state index < -0.39 is 6.10 Å². The van der Waals surface area contributed by atoms with E-state index in [4.69, 9.17) is 4.74 Å². The number of aliphatic hydroxyl groups is 1. The molecule has 0 radical (unpaired) electrons. The molecule has 0 aliphatic carbocycles. The molecule has 0 fully saturated rings. The maximum Gasteiger partial charge on any atom is 0.121 e. The van der Waals surface area contributed by atoms with Crippen molar-refractivity contribution < 1.29 is 9.84 Å². The molecule has 2 rings (SSSR count). The fourth-order valence-corrected chi connectivity index (χ4v) is 2.79. The van der Waals surface area contributed by atoms with Crippen LogP contribution in [0.5, 0.6) is 0 Å². The molecule has 0 saturated carbocycles. The molecular formula is C11H11Br2NO2. The summed E-state index contributed by atoms with van der Waals surface area (Å²) >= 11 is 6.72. The largest absolute Gasteiger partial charge is 0.501 e. The van der Waals surface area contributed by atoms with Gasteiger partial charge >= 0.3 is 0 Å². The highest BCUT2D eigenvalue weighted by atomic mass is 79.9. The first-order chi connectivity index (χ1) is 7.68. The van der Waals surface area contributed by atoms with E-state index in [1.807, 2.05) is 6.07 Å². The Morgan fingerprint density at radius 2 is 2.25 bits per heavy atom. The third kappa shape index (κ3) is 2.64. The van der Waals surface area contributed by atoms with Gasteiger partial charge in [-0.25, -0.2) is 0 Å². The normalized spacial score (nSPS) is 17.6. The molecule has 0 bridgehead atoms. The van der Waals surface area contributed by atoms with Crippen molar-refractivity contribution in [2.45, 2.75) is 18.9 Å². The van der Waals surface area contributed by atoms with Crippen molar-refractivity contribution in [3.63, 3.8) is 0 Å². The van der Waals surface area contributed by atoms with Crippen LogP contribution in [0, 0.1) is 0 Å². The highest BCUT2D eigenvalue weighted by Gasteiger charge is 2.19. The van der Waals surface area contributed by atoms with E-state index in [1.54, 1.807) is 12.5 Å². The molecule has 1 atom stereocenters. The molecule has 0 spiro atoms. The summed E-state index contributed by atoms with van der Waals surface area (Å²) in [6, 6.07) is 1.87. The minimum atomic E-state index is -0.692. The zero-order valence-electron chi connectivity index (χ0n) is 8.49. The second-order valence-corrected chi connectivity index (χ2v) is 5.36. The third-order valence-electron chi connectivity index (χ3n) is 2.41. The lowest BCUT2D eigenvalue weighted by Gasteiger charge is -2.19. The Balaban J connectivity index is 2.26. The van der Waals surface area contributed by atoms with Crippen LogP contribution in [0.4, 0.5) is 0 Å². The minimum absolute atomic E-state index is 0.625. The van der Waals surface area contributed by atoms with Crippen LogP contribution in [0.1, 0.15) is 24.6 Å². The summed E-state index contributed by atoms with van der Waals surface area (Å²) in [7, 11) is 0. The number of hydrogen-bond acceptors (Lipinski definition) is 3. The lowest BCUT2D eigenvalue weighted by atomic mass is 10.0. The van der Waals surface area contributed by atoms with Gasteiger partial charge in [0.25, 0.3) is 0 Å². The summed E-state index contributed by atoms with van der Waals surface area (Å²) in [6.45, 7) is 0.727. The molecule has 0 aromatic carbocycles. The van der Waals surface area contributed by atoms with Gasteiger partial charge in [0, 0.05) is 15.1 Å². The van der Waals surface area contributed by atoms with Crippen LogP contribution in [0.3, 0.4) is 0 Å². The standard InChI is InChI=1S/C11H11Br2NO2/c12-8-4-9(13)10(14-5-8)11(15)7-2-1-3-16-6-7/h4-6,11,15H,1-3H2. The fourth-order valence-electron chi connectivity index (χ4n) is 1.59. The molecule has 16 heavy (non-hydrogen) atoms. The van der Waals surface area contributed by atoms with Gasteiger partial charge in [-0.15, -0.1) is 0 Å². The Morgan fingerprint density at radius 1 is 1.44 bits per heavy atom. The molecule has 5 heteroatoms. The van der Waals surface area contributed by atoms with E-state index in [1.165, 1.54) is 0 Å². The summed E-state index contributed by atoms with van der Waals surface area (Å²) in [6.07, 6.45) is 4.42. The van der Waals surface area contributed by atoms with E-state index >= 15 is 0 Å². The van der Waals surface area contributed by atoms with Crippen LogP contribution >= 0.6 is 31.9 Å². The predicted octanol–water partition coefficient (Wildman–Crippen LogP) is 3.33. The summed E-state index contributed by atoms with van der Waals surface area (Å²) in [4.78, 5) is 4.21. The summed E-state index contributed by atoms with van der Waals surface area (Å²) in [5.74, 6) is 0. The van der Waals surface area contributed by atoms with Gasteiger partial charge in [-0.05, 0) is 56.3 Å². The molecule has 1 aromatic heterocycles. The maximum atomic E-state index is 10.2. The third-order valence-corrected chi connectivity index (χ3v) is 3.48. The zero-order chi connectivity index (χ0) is 11.5. The van der Waals surface area contributed by atoms with Gasteiger partial charge in [-0.1, -0.05) is 0 Å².